The summed E-state index contributed by atoms with van der Waals surface area (Å²) in [6, 6.07) is 0. The van der Waals surface area contributed by atoms with Crippen molar-refractivity contribution >= 4 is 7.60 Å². The molecule has 0 radical (unpaired) electrons. The van der Waals surface area contributed by atoms with E-state index in [0.29, 0.717) is 0 Å². The molecule has 2 heterocycles. The number of ether oxygens (including phenoxy) is 2. The van der Waals surface area contributed by atoms with E-state index in [0.717, 1.165) is 4.57 Å². The third-order valence-corrected chi connectivity index (χ3v) is 3.95. The van der Waals surface area contributed by atoms with Crippen molar-refractivity contribution in [2.75, 3.05) is 19.4 Å². The van der Waals surface area contributed by atoms with Gasteiger partial charge in [0.2, 0.25) is 0 Å². The van der Waals surface area contributed by atoms with E-state index < -0.39 is 43.4 Å². The Labute approximate surface area is 181 Å². The first-order valence-corrected chi connectivity index (χ1v) is 8.16. The molecular formula is C11H15N2Na2O8P. The molecule has 3 atom stereocenters. The molecular weight excluding hydrogens is 365 g/mol. The van der Waals surface area contributed by atoms with Gasteiger partial charge < -0.3 is 28.9 Å². The first-order valence-electron chi connectivity index (χ1n) is 6.43. The third-order valence-electron chi connectivity index (χ3n) is 3.22. The SMILES string of the molecule is Cc1cn([C@@H]2OC[C@H](OCCP(=O)([O-])[O-])[C@H]2O)c(=O)[nH]c1=O.[Na+].[Na+]. The number of hydrogen-bond donors (Lipinski definition) is 2. The zero-order valence-corrected chi connectivity index (χ0v) is 18.5. The average molecular weight is 380 g/mol. The van der Waals surface area contributed by atoms with Gasteiger partial charge in [0.05, 0.1) is 13.2 Å². The van der Waals surface area contributed by atoms with Crippen molar-refractivity contribution in [2.45, 2.75) is 25.4 Å². The molecule has 1 saturated heterocycles. The van der Waals surface area contributed by atoms with E-state index in [1.165, 1.54) is 13.1 Å². The van der Waals surface area contributed by atoms with E-state index >= 15 is 0 Å². The van der Waals surface area contributed by atoms with Crippen LogP contribution in [-0.2, 0) is 14.0 Å². The van der Waals surface area contributed by atoms with Crippen molar-refractivity contribution in [1.82, 2.24) is 9.55 Å². The van der Waals surface area contributed by atoms with Crippen LogP contribution in [0.15, 0.2) is 15.8 Å². The molecule has 0 bridgehead atoms. The van der Waals surface area contributed by atoms with Crippen LogP contribution in [0.2, 0.25) is 0 Å². The van der Waals surface area contributed by atoms with Crippen LogP contribution in [0.3, 0.4) is 0 Å². The first kappa shape index (κ1) is 24.7. The molecule has 0 aliphatic carbocycles. The zero-order chi connectivity index (χ0) is 16.5. The number of aromatic nitrogens is 2. The second kappa shape index (κ2) is 10.1. The van der Waals surface area contributed by atoms with Gasteiger partial charge in [-0.05, 0) is 13.1 Å². The molecule has 1 aliphatic heterocycles. The van der Waals surface area contributed by atoms with Crippen LogP contribution >= 0.6 is 7.60 Å². The minimum Gasteiger partial charge on any atom is -0.811 e. The molecule has 1 aromatic rings. The second-order valence-corrected chi connectivity index (χ2v) is 6.61. The van der Waals surface area contributed by atoms with Crippen LogP contribution in [0.1, 0.15) is 11.8 Å². The minimum absolute atomic E-state index is 0. The maximum absolute atomic E-state index is 11.7. The topological polar surface area (TPSA) is 157 Å². The van der Waals surface area contributed by atoms with E-state index in [1.54, 1.807) is 0 Å². The number of hydrogen-bond acceptors (Lipinski definition) is 8. The van der Waals surface area contributed by atoms with Gasteiger partial charge in [-0.1, -0.05) is 7.60 Å². The Balaban J connectivity index is 0.00000264. The fourth-order valence-corrected chi connectivity index (χ4v) is 2.39. The second-order valence-electron chi connectivity index (χ2n) is 4.94. The molecule has 0 saturated carbocycles. The van der Waals surface area contributed by atoms with Crippen LogP contribution in [0.5, 0.6) is 0 Å². The Morgan fingerprint density at radius 1 is 1.46 bits per heavy atom. The number of nitrogens with zero attached hydrogens (tertiary/aromatic N) is 1. The number of aromatic amines is 1. The quantitative estimate of drug-likeness (QED) is 0.377. The largest absolute Gasteiger partial charge is 1.00 e. The Bertz CT molecular complexity index is 702. The molecule has 1 fully saturated rings. The van der Waals surface area contributed by atoms with Crippen molar-refractivity contribution < 1.29 is 88.0 Å². The number of nitrogens with one attached hydrogen (secondary N) is 1. The number of H-pyrrole nitrogens is 1. The van der Waals surface area contributed by atoms with E-state index in [9.17, 15) is 29.0 Å². The van der Waals surface area contributed by atoms with Crippen LogP contribution in [0.4, 0.5) is 0 Å². The summed E-state index contributed by atoms with van der Waals surface area (Å²) >= 11 is 0. The molecule has 10 nitrogen and oxygen atoms in total. The summed E-state index contributed by atoms with van der Waals surface area (Å²) in [5.41, 5.74) is -1.02. The maximum Gasteiger partial charge on any atom is 1.00 e. The van der Waals surface area contributed by atoms with E-state index in [-0.39, 0.29) is 77.9 Å². The van der Waals surface area contributed by atoms with Gasteiger partial charge in [0.25, 0.3) is 5.56 Å². The summed E-state index contributed by atoms with van der Waals surface area (Å²) < 4.78 is 21.9. The predicted molar refractivity (Wildman–Crippen MR) is 69.3 cm³/mol. The summed E-state index contributed by atoms with van der Waals surface area (Å²) in [4.78, 5) is 46.1. The van der Waals surface area contributed by atoms with Crippen molar-refractivity contribution in [3.8, 4) is 0 Å². The average Bonchev–Trinajstić information content (AvgIpc) is 2.74. The number of aryl methyl sites for hydroxylation is 1. The molecule has 0 amide bonds. The molecule has 2 N–H and O–H groups in total. The van der Waals surface area contributed by atoms with Gasteiger partial charge in [0.15, 0.2) is 6.23 Å². The summed E-state index contributed by atoms with van der Waals surface area (Å²) in [5, 5.41) is 10.1. The zero-order valence-electron chi connectivity index (χ0n) is 13.6. The number of aliphatic hydroxyl groups is 1. The Kier molecular flexibility index (Phi) is 10.5. The molecule has 0 aromatic carbocycles. The van der Waals surface area contributed by atoms with E-state index in [1.807, 2.05) is 0 Å². The van der Waals surface area contributed by atoms with Gasteiger partial charge in [-0.25, -0.2) is 4.79 Å². The fraction of sp³-hybridized carbons (Fsp3) is 0.636. The molecule has 2 rings (SSSR count). The summed E-state index contributed by atoms with van der Waals surface area (Å²) in [6.45, 7) is 1.03. The Morgan fingerprint density at radius 2 is 2.08 bits per heavy atom. The van der Waals surface area contributed by atoms with Crippen LogP contribution in [0.25, 0.3) is 0 Å². The van der Waals surface area contributed by atoms with Gasteiger partial charge in [-0.2, -0.15) is 0 Å². The molecule has 0 unspecified atom stereocenters. The normalized spacial score (nSPS) is 23.4. The molecule has 1 aliphatic rings. The minimum atomic E-state index is -4.68. The molecule has 24 heavy (non-hydrogen) atoms. The van der Waals surface area contributed by atoms with Gasteiger partial charge in [-0.3, -0.25) is 14.3 Å². The molecule has 0 spiro atoms. The standard InChI is InChI=1S/C11H17N2O8P.2Na/c1-6-4-13(11(16)12-9(6)15)10-8(14)7(5-21-10)20-2-3-22(17,18)19;;/h4,7-8,10,14H,2-3,5H2,1H3,(H,12,15,16)(H2,17,18,19);;/q;2*+1/p-2/t7-,8+,10+;;/m0../s1. The third kappa shape index (κ3) is 6.46. The van der Waals surface area contributed by atoms with Gasteiger partial charge in [0.1, 0.15) is 12.2 Å². The van der Waals surface area contributed by atoms with Crippen LogP contribution < -0.4 is 80.2 Å². The number of aliphatic hydroxyl groups excluding tert-OH is 1. The number of rotatable bonds is 5. The van der Waals surface area contributed by atoms with Gasteiger partial charge in [-0.15, -0.1) is 0 Å². The predicted octanol–water partition coefficient (Wildman–Crippen LogP) is -8.96. The van der Waals surface area contributed by atoms with E-state index in [2.05, 4.69) is 4.98 Å². The summed E-state index contributed by atoms with van der Waals surface area (Å²) in [7, 11) is -4.68. The smallest absolute Gasteiger partial charge is 0.811 e. The first-order chi connectivity index (χ1) is 10.2. The van der Waals surface area contributed by atoms with Crippen molar-refractivity contribution in [2.24, 2.45) is 0 Å². The molecule has 13 heteroatoms. The van der Waals surface area contributed by atoms with Crippen LogP contribution in [0, 0.1) is 6.92 Å². The van der Waals surface area contributed by atoms with E-state index in [4.69, 9.17) is 9.47 Å². The summed E-state index contributed by atoms with van der Waals surface area (Å²) in [6.07, 6.45) is -2.64. The fourth-order valence-electron chi connectivity index (χ4n) is 2.06. The van der Waals surface area contributed by atoms with Gasteiger partial charge >= 0.3 is 64.8 Å². The monoisotopic (exact) mass is 380 g/mol. The molecule has 1 aromatic heterocycles. The Morgan fingerprint density at radius 3 is 2.67 bits per heavy atom. The van der Waals surface area contributed by atoms with Crippen LogP contribution in [-0.4, -0.2) is 46.2 Å². The van der Waals surface area contributed by atoms with Gasteiger partial charge in [0, 0.05) is 11.8 Å². The summed E-state index contributed by atoms with van der Waals surface area (Å²) in [5.74, 6) is 0. The maximum atomic E-state index is 11.7. The van der Waals surface area contributed by atoms with Crippen molar-refractivity contribution in [3.05, 3.63) is 32.6 Å². The molecule has 124 valence electrons. The van der Waals surface area contributed by atoms with Crippen molar-refractivity contribution in [3.63, 3.8) is 0 Å². The van der Waals surface area contributed by atoms with Crippen molar-refractivity contribution in [1.29, 1.82) is 0 Å². The Hall–Kier alpha value is 0.710.